The van der Waals surface area contributed by atoms with Crippen molar-refractivity contribution in [1.82, 2.24) is 10.9 Å². The fourth-order valence-corrected chi connectivity index (χ4v) is 2.40. The van der Waals surface area contributed by atoms with E-state index in [0.29, 0.717) is 21.5 Å². The van der Waals surface area contributed by atoms with Gasteiger partial charge in [-0.25, -0.2) is 0 Å². The van der Waals surface area contributed by atoms with E-state index in [9.17, 15) is 14.4 Å². The number of hydrogen-bond acceptors (Lipinski definition) is 4. The van der Waals surface area contributed by atoms with Crippen LogP contribution in [0.5, 0.6) is 5.75 Å². The maximum Gasteiger partial charge on any atom is 0.276 e. The maximum atomic E-state index is 11.9. The van der Waals surface area contributed by atoms with Gasteiger partial charge >= 0.3 is 0 Å². The van der Waals surface area contributed by atoms with E-state index in [1.54, 1.807) is 42.5 Å². The minimum absolute atomic E-state index is 0.0620. The Bertz CT molecular complexity index is 874. The number of nitrogens with one attached hydrogen (secondary N) is 3. The lowest BCUT2D eigenvalue weighted by atomic mass is 10.2. The van der Waals surface area contributed by atoms with Crippen molar-refractivity contribution in [3.63, 3.8) is 0 Å². The van der Waals surface area contributed by atoms with Gasteiger partial charge in [-0.3, -0.25) is 25.2 Å². The van der Waals surface area contributed by atoms with Gasteiger partial charge in [-0.1, -0.05) is 35.3 Å². The maximum absolute atomic E-state index is 11.9. The van der Waals surface area contributed by atoms with Crippen LogP contribution in [0.3, 0.4) is 0 Å². The van der Waals surface area contributed by atoms with Gasteiger partial charge in [0.25, 0.3) is 5.91 Å². The summed E-state index contributed by atoms with van der Waals surface area (Å²) in [6.45, 7) is 1.53. The zero-order chi connectivity index (χ0) is 20.5. The number of halogens is 2. The van der Waals surface area contributed by atoms with E-state index in [0.717, 1.165) is 5.56 Å². The second kappa shape index (κ2) is 10.5. The van der Waals surface area contributed by atoms with Crippen molar-refractivity contribution in [3.8, 4) is 5.75 Å². The standard InChI is InChI=1S/C19H19Cl2N3O4/c1-12-10-13(6-7-14(12)20)28-11-19(27)24-23-18(26)9-8-17(25)22-16-5-3-2-4-15(16)21/h2-7,10H,8-9,11H2,1H3,(H,22,25)(H,23,26)(H,24,27). The topological polar surface area (TPSA) is 96.5 Å². The third-order valence-electron chi connectivity index (χ3n) is 3.57. The lowest BCUT2D eigenvalue weighted by Gasteiger charge is -2.10. The smallest absolute Gasteiger partial charge is 0.276 e. The van der Waals surface area contributed by atoms with E-state index < -0.39 is 11.8 Å². The highest BCUT2D eigenvalue weighted by Crippen LogP contribution is 2.21. The van der Waals surface area contributed by atoms with Crippen LogP contribution in [0.1, 0.15) is 18.4 Å². The predicted octanol–water partition coefficient (Wildman–Crippen LogP) is 3.25. The number of rotatable bonds is 7. The Hall–Kier alpha value is -2.77. The quantitative estimate of drug-likeness (QED) is 0.595. The van der Waals surface area contributed by atoms with Gasteiger partial charge in [-0.2, -0.15) is 0 Å². The average molecular weight is 424 g/mol. The van der Waals surface area contributed by atoms with Gasteiger partial charge in [0.05, 0.1) is 10.7 Å². The van der Waals surface area contributed by atoms with Crippen LogP contribution in [0.25, 0.3) is 0 Å². The lowest BCUT2D eigenvalue weighted by Crippen LogP contribution is -2.44. The summed E-state index contributed by atoms with van der Waals surface area (Å²) in [5.74, 6) is -0.929. The number of anilines is 1. The number of aryl methyl sites for hydroxylation is 1. The second-order valence-electron chi connectivity index (χ2n) is 5.82. The molecule has 0 atom stereocenters. The van der Waals surface area contributed by atoms with Crippen LogP contribution < -0.4 is 20.9 Å². The monoisotopic (exact) mass is 423 g/mol. The molecule has 3 amide bonds. The van der Waals surface area contributed by atoms with Gasteiger partial charge in [0.1, 0.15) is 5.75 Å². The van der Waals surface area contributed by atoms with Crippen LogP contribution in [0.15, 0.2) is 42.5 Å². The number of carbonyl (C=O) groups is 3. The van der Waals surface area contributed by atoms with Gasteiger partial charge in [0.15, 0.2) is 6.61 Å². The zero-order valence-electron chi connectivity index (χ0n) is 15.1. The first-order chi connectivity index (χ1) is 13.3. The molecule has 2 aromatic rings. The summed E-state index contributed by atoms with van der Waals surface area (Å²) in [7, 11) is 0. The van der Waals surface area contributed by atoms with Gasteiger partial charge in [0, 0.05) is 17.9 Å². The molecule has 0 aliphatic carbocycles. The molecule has 7 nitrogen and oxygen atoms in total. The molecular formula is C19H19Cl2N3O4. The molecule has 3 N–H and O–H groups in total. The third kappa shape index (κ3) is 7.09. The van der Waals surface area contributed by atoms with Gasteiger partial charge in [-0.05, 0) is 42.8 Å². The minimum Gasteiger partial charge on any atom is -0.484 e. The third-order valence-corrected chi connectivity index (χ3v) is 4.32. The van der Waals surface area contributed by atoms with Crippen molar-refractivity contribution in [1.29, 1.82) is 0 Å². The van der Waals surface area contributed by atoms with Crippen molar-refractivity contribution in [2.45, 2.75) is 19.8 Å². The zero-order valence-corrected chi connectivity index (χ0v) is 16.6. The molecule has 0 aromatic heterocycles. The summed E-state index contributed by atoms with van der Waals surface area (Å²) in [5, 5.41) is 3.62. The van der Waals surface area contributed by atoms with Gasteiger partial charge in [0.2, 0.25) is 11.8 Å². The molecule has 0 unspecified atom stereocenters. The fraction of sp³-hybridized carbons (Fsp3) is 0.211. The van der Waals surface area contributed by atoms with E-state index in [2.05, 4.69) is 16.2 Å². The van der Waals surface area contributed by atoms with Crippen LogP contribution in [0.2, 0.25) is 10.0 Å². The van der Waals surface area contributed by atoms with Crippen LogP contribution >= 0.6 is 23.2 Å². The predicted molar refractivity (Wildman–Crippen MR) is 107 cm³/mol. The summed E-state index contributed by atoms with van der Waals surface area (Å²) < 4.78 is 5.31. The summed E-state index contributed by atoms with van der Waals surface area (Å²) in [6, 6.07) is 11.8. The highest BCUT2D eigenvalue weighted by Gasteiger charge is 2.10. The number of carbonyl (C=O) groups excluding carboxylic acids is 3. The van der Waals surface area contributed by atoms with Crippen molar-refractivity contribution in [2.24, 2.45) is 0 Å². The number of hydrogen-bond donors (Lipinski definition) is 3. The molecular weight excluding hydrogens is 405 g/mol. The molecule has 148 valence electrons. The van der Waals surface area contributed by atoms with Crippen LogP contribution in [0, 0.1) is 6.92 Å². The van der Waals surface area contributed by atoms with Crippen LogP contribution in [-0.4, -0.2) is 24.3 Å². The molecule has 0 spiro atoms. The summed E-state index contributed by atoms with van der Waals surface area (Å²) in [5.41, 5.74) is 5.74. The van der Waals surface area contributed by atoms with Crippen molar-refractivity contribution < 1.29 is 19.1 Å². The summed E-state index contributed by atoms with van der Waals surface area (Å²) >= 11 is 11.9. The van der Waals surface area contributed by atoms with E-state index in [-0.39, 0.29) is 25.4 Å². The Morgan fingerprint density at radius 2 is 1.57 bits per heavy atom. The summed E-state index contributed by atoms with van der Waals surface area (Å²) in [4.78, 5) is 35.3. The lowest BCUT2D eigenvalue weighted by molar-refractivity contribution is -0.130. The Kier molecular flexibility index (Phi) is 8.10. The number of ether oxygens (including phenoxy) is 1. The first-order valence-corrected chi connectivity index (χ1v) is 9.12. The average Bonchev–Trinajstić information content (AvgIpc) is 2.67. The van der Waals surface area contributed by atoms with Gasteiger partial charge < -0.3 is 10.1 Å². The van der Waals surface area contributed by atoms with E-state index in [4.69, 9.17) is 27.9 Å². The molecule has 0 bridgehead atoms. The highest BCUT2D eigenvalue weighted by molar-refractivity contribution is 6.33. The number of benzene rings is 2. The van der Waals surface area contributed by atoms with E-state index >= 15 is 0 Å². The Morgan fingerprint density at radius 1 is 0.893 bits per heavy atom. The summed E-state index contributed by atoms with van der Waals surface area (Å²) in [6.07, 6.45) is -0.165. The molecule has 0 saturated carbocycles. The number of para-hydroxylation sites is 1. The first-order valence-electron chi connectivity index (χ1n) is 8.36. The Balaban J connectivity index is 1.66. The molecule has 2 aromatic carbocycles. The van der Waals surface area contributed by atoms with Crippen molar-refractivity contribution >= 4 is 46.6 Å². The highest BCUT2D eigenvalue weighted by atomic mass is 35.5. The van der Waals surface area contributed by atoms with Crippen LogP contribution in [-0.2, 0) is 14.4 Å². The molecule has 0 saturated heterocycles. The minimum atomic E-state index is -0.540. The Morgan fingerprint density at radius 3 is 2.29 bits per heavy atom. The Labute approximate surface area is 172 Å². The van der Waals surface area contributed by atoms with Crippen LogP contribution in [0.4, 0.5) is 5.69 Å². The number of amides is 3. The SMILES string of the molecule is Cc1cc(OCC(=O)NNC(=O)CCC(=O)Nc2ccccc2Cl)ccc1Cl. The molecule has 2 rings (SSSR count). The van der Waals surface area contributed by atoms with E-state index in [1.807, 2.05) is 6.92 Å². The number of hydrazine groups is 1. The normalized spacial score (nSPS) is 10.1. The molecule has 0 heterocycles. The molecule has 0 fully saturated rings. The largest absolute Gasteiger partial charge is 0.484 e. The van der Waals surface area contributed by atoms with Crippen molar-refractivity contribution in [3.05, 3.63) is 58.1 Å². The van der Waals surface area contributed by atoms with Gasteiger partial charge in [-0.15, -0.1) is 0 Å². The molecule has 9 heteroatoms. The van der Waals surface area contributed by atoms with E-state index in [1.165, 1.54) is 0 Å². The molecule has 28 heavy (non-hydrogen) atoms. The van der Waals surface area contributed by atoms with Crippen molar-refractivity contribution in [2.75, 3.05) is 11.9 Å². The first kappa shape index (κ1) is 21.5. The second-order valence-corrected chi connectivity index (χ2v) is 6.64. The molecule has 0 aliphatic rings. The molecule has 0 radical (unpaired) electrons. The fourth-order valence-electron chi connectivity index (χ4n) is 2.10. The molecule has 0 aliphatic heterocycles.